The zero-order chi connectivity index (χ0) is 23.6. The smallest absolute Gasteiger partial charge is 0.421 e. The van der Waals surface area contributed by atoms with E-state index in [1.807, 2.05) is 0 Å². The van der Waals surface area contributed by atoms with Gasteiger partial charge in [-0.05, 0) is 18.9 Å². The van der Waals surface area contributed by atoms with Gasteiger partial charge in [-0.3, -0.25) is 4.79 Å². The van der Waals surface area contributed by atoms with E-state index in [2.05, 4.69) is 20.6 Å². The molecule has 2 N–H and O–H groups in total. The molecule has 1 saturated carbocycles. The molecule has 8 nitrogen and oxygen atoms in total. The molecule has 13 heteroatoms. The Labute approximate surface area is 191 Å². The molecule has 178 valence electrons. The quantitative estimate of drug-likeness (QED) is 0.562. The fraction of sp³-hybridized carbons (Fsp3) is 0.450. The standard InChI is InChI=1S/C20H20ClF4N5O3/c21-14-7-12(18(31)30-3-5-32-6-4-30)16(33-10-22)8-15(14)28-19-26-9-13(20(23,24)25)17(29-19)27-11-1-2-11/h7-9,11H,1-6,10H2,(H2,26,27,28,29). The van der Waals surface area contributed by atoms with E-state index in [1.165, 1.54) is 17.0 Å². The average Bonchev–Trinajstić information content (AvgIpc) is 3.59. The van der Waals surface area contributed by atoms with Crippen LogP contribution in [0.25, 0.3) is 0 Å². The summed E-state index contributed by atoms with van der Waals surface area (Å²) in [4.78, 5) is 22.1. The summed E-state index contributed by atoms with van der Waals surface area (Å²) < 4.78 is 63.1. The van der Waals surface area contributed by atoms with Gasteiger partial charge in [0.25, 0.3) is 5.91 Å². The number of carbonyl (C=O) groups is 1. The second-order valence-electron chi connectivity index (χ2n) is 7.48. The van der Waals surface area contributed by atoms with Crippen LogP contribution in [0.15, 0.2) is 18.3 Å². The summed E-state index contributed by atoms with van der Waals surface area (Å²) >= 11 is 6.31. The minimum absolute atomic E-state index is 0.0505. The van der Waals surface area contributed by atoms with Gasteiger partial charge in [-0.2, -0.15) is 18.2 Å². The molecule has 1 aliphatic carbocycles. The van der Waals surface area contributed by atoms with Gasteiger partial charge in [-0.15, -0.1) is 0 Å². The van der Waals surface area contributed by atoms with Gasteiger partial charge in [-0.25, -0.2) is 9.37 Å². The number of hydrogen-bond donors (Lipinski definition) is 2. The monoisotopic (exact) mass is 489 g/mol. The van der Waals surface area contributed by atoms with Gasteiger partial charge >= 0.3 is 6.18 Å². The van der Waals surface area contributed by atoms with Crippen LogP contribution < -0.4 is 15.4 Å². The first-order valence-electron chi connectivity index (χ1n) is 10.1. The normalized spacial score (nSPS) is 16.5. The Morgan fingerprint density at radius 2 is 2.00 bits per heavy atom. The van der Waals surface area contributed by atoms with Crippen molar-refractivity contribution in [3.63, 3.8) is 0 Å². The number of nitrogens with zero attached hydrogens (tertiary/aromatic N) is 3. The Morgan fingerprint density at radius 1 is 1.27 bits per heavy atom. The largest absolute Gasteiger partial charge is 0.462 e. The van der Waals surface area contributed by atoms with Gasteiger partial charge in [-0.1, -0.05) is 11.6 Å². The van der Waals surface area contributed by atoms with Crippen molar-refractivity contribution in [1.82, 2.24) is 14.9 Å². The Kier molecular flexibility index (Phi) is 6.75. The molecule has 0 radical (unpaired) electrons. The van der Waals surface area contributed by atoms with Crippen LogP contribution in [0.1, 0.15) is 28.8 Å². The first kappa shape index (κ1) is 23.3. The van der Waals surface area contributed by atoms with Gasteiger partial charge in [0.15, 0.2) is 0 Å². The van der Waals surface area contributed by atoms with Crippen LogP contribution in [0.4, 0.5) is 35.0 Å². The molecule has 0 unspecified atom stereocenters. The lowest BCUT2D eigenvalue weighted by atomic mass is 10.1. The van der Waals surface area contributed by atoms with Crippen LogP contribution in [0.5, 0.6) is 5.75 Å². The first-order valence-corrected chi connectivity index (χ1v) is 10.5. The van der Waals surface area contributed by atoms with E-state index < -0.39 is 24.5 Å². The van der Waals surface area contributed by atoms with Gasteiger partial charge in [0, 0.05) is 31.4 Å². The van der Waals surface area contributed by atoms with Crippen LogP contribution in [0.2, 0.25) is 5.02 Å². The predicted molar refractivity (Wildman–Crippen MR) is 112 cm³/mol. The van der Waals surface area contributed by atoms with E-state index in [0.29, 0.717) is 32.5 Å². The minimum Gasteiger partial charge on any atom is -0.462 e. The van der Waals surface area contributed by atoms with E-state index in [9.17, 15) is 22.4 Å². The number of carbonyl (C=O) groups excluding carboxylic acids is 1. The summed E-state index contributed by atoms with van der Waals surface area (Å²) in [5, 5.41) is 5.52. The van der Waals surface area contributed by atoms with Crippen LogP contribution in [0.3, 0.4) is 0 Å². The van der Waals surface area contributed by atoms with Crippen LogP contribution >= 0.6 is 11.6 Å². The summed E-state index contributed by atoms with van der Waals surface area (Å²) in [5.74, 6) is -0.995. The molecule has 4 rings (SSSR count). The molecule has 2 heterocycles. The second kappa shape index (κ2) is 9.56. The maximum Gasteiger partial charge on any atom is 0.421 e. The van der Waals surface area contributed by atoms with Crippen molar-refractivity contribution < 1.29 is 31.8 Å². The first-order chi connectivity index (χ1) is 15.8. The number of aromatic nitrogens is 2. The summed E-state index contributed by atoms with van der Waals surface area (Å²) in [7, 11) is 0. The van der Waals surface area contributed by atoms with Crippen molar-refractivity contribution in [3.8, 4) is 5.75 Å². The molecule has 2 aromatic rings. The summed E-state index contributed by atoms with van der Waals surface area (Å²) in [6.07, 6.45) is -2.46. The zero-order valence-electron chi connectivity index (χ0n) is 17.2. The van der Waals surface area contributed by atoms with Crippen molar-refractivity contribution >= 4 is 35.0 Å². The Hall–Kier alpha value is -2.86. The highest BCUT2D eigenvalue weighted by Gasteiger charge is 2.37. The third-order valence-electron chi connectivity index (χ3n) is 5.07. The molecular weight excluding hydrogens is 470 g/mol. The van der Waals surface area contributed by atoms with Crippen molar-refractivity contribution in [2.45, 2.75) is 25.1 Å². The molecule has 0 spiro atoms. The van der Waals surface area contributed by atoms with Crippen molar-refractivity contribution in [2.75, 3.05) is 43.8 Å². The summed E-state index contributed by atoms with van der Waals surface area (Å²) in [5.41, 5.74) is -0.802. The highest BCUT2D eigenvalue weighted by Crippen LogP contribution is 2.37. The molecule has 2 fully saturated rings. The lowest BCUT2D eigenvalue weighted by Gasteiger charge is -2.27. The van der Waals surface area contributed by atoms with E-state index in [-0.39, 0.29) is 39.8 Å². The lowest BCUT2D eigenvalue weighted by molar-refractivity contribution is -0.137. The van der Waals surface area contributed by atoms with Gasteiger partial charge < -0.3 is 25.0 Å². The maximum atomic E-state index is 13.3. The summed E-state index contributed by atoms with van der Waals surface area (Å²) in [6.45, 7) is 0.280. The number of hydrogen-bond acceptors (Lipinski definition) is 7. The van der Waals surface area contributed by atoms with Crippen LogP contribution in [-0.2, 0) is 10.9 Å². The summed E-state index contributed by atoms with van der Waals surface area (Å²) in [6, 6.07) is 2.51. The molecule has 1 amide bonds. The number of nitrogens with one attached hydrogen (secondary N) is 2. The Morgan fingerprint density at radius 3 is 2.64 bits per heavy atom. The fourth-order valence-corrected chi connectivity index (χ4v) is 3.44. The number of benzene rings is 1. The predicted octanol–water partition coefficient (Wildman–Crippen LogP) is 4.24. The van der Waals surface area contributed by atoms with Crippen molar-refractivity contribution in [1.29, 1.82) is 0 Å². The highest BCUT2D eigenvalue weighted by atomic mass is 35.5. The molecular formula is C20H20ClF4N5O3. The molecule has 2 aliphatic rings. The van der Waals surface area contributed by atoms with E-state index >= 15 is 0 Å². The molecule has 33 heavy (non-hydrogen) atoms. The number of morpholine rings is 1. The Bertz CT molecular complexity index is 1030. The van der Waals surface area contributed by atoms with E-state index in [4.69, 9.17) is 21.1 Å². The molecule has 1 aliphatic heterocycles. The maximum absolute atomic E-state index is 13.3. The molecule has 1 aromatic carbocycles. The Balaban J connectivity index is 1.62. The van der Waals surface area contributed by atoms with E-state index in [1.54, 1.807) is 0 Å². The average molecular weight is 490 g/mol. The van der Waals surface area contributed by atoms with Gasteiger partial charge in [0.2, 0.25) is 12.8 Å². The fourth-order valence-electron chi connectivity index (χ4n) is 3.23. The molecule has 0 atom stereocenters. The molecule has 1 aromatic heterocycles. The second-order valence-corrected chi connectivity index (χ2v) is 7.89. The lowest BCUT2D eigenvalue weighted by Crippen LogP contribution is -2.40. The molecule has 1 saturated heterocycles. The van der Waals surface area contributed by atoms with Crippen LogP contribution in [-0.4, -0.2) is 60.0 Å². The van der Waals surface area contributed by atoms with Crippen molar-refractivity contribution in [2.24, 2.45) is 0 Å². The van der Waals surface area contributed by atoms with Crippen LogP contribution in [0, 0.1) is 0 Å². The number of rotatable bonds is 7. The number of ether oxygens (including phenoxy) is 2. The topological polar surface area (TPSA) is 88.6 Å². The third kappa shape index (κ3) is 5.56. The number of amides is 1. The van der Waals surface area contributed by atoms with Gasteiger partial charge in [0.1, 0.15) is 17.1 Å². The van der Waals surface area contributed by atoms with E-state index in [0.717, 1.165) is 12.8 Å². The number of halogens is 5. The van der Waals surface area contributed by atoms with Crippen molar-refractivity contribution in [3.05, 3.63) is 34.5 Å². The molecule has 0 bridgehead atoms. The highest BCUT2D eigenvalue weighted by molar-refractivity contribution is 6.33. The SMILES string of the molecule is O=C(c1cc(Cl)c(Nc2ncc(C(F)(F)F)c(NC3CC3)n2)cc1OCF)N1CCOCC1. The zero-order valence-corrected chi connectivity index (χ0v) is 18.0. The van der Waals surface area contributed by atoms with Gasteiger partial charge in [0.05, 0.1) is 29.5 Å². The number of alkyl halides is 4. The minimum atomic E-state index is -4.63. The third-order valence-corrected chi connectivity index (χ3v) is 5.38. The number of anilines is 3.